The molecule has 0 fully saturated rings. The van der Waals surface area contributed by atoms with Crippen LogP contribution in [0.3, 0.4) is 0 Å². The van der Waals surface area contributed by atoms with Gasteiger partial charge in [0, 0.05) is 17.7 Å². The number of hydrogen-bond acceptors (Lipinski definition) is 3. The molecule has 92 valence electrons. The number of ether oxygens (including phenoxy) is 1. The fourth-order valence-corrected chi connectivity index (χ4v) is 2.38. The molecule has 1 aliphatic heterocycles. The number of aryl methyl sites for hydroxylation is 1. The minimum Gasteiger partial charge on any atom is -0.493 e. The van der Waals surface area contributed by atoms with Gasteiger partial charge in [0.2, 0.25) is 0 Å². The lowest BCUT2D eigenvalue weighted by molar-refractivity contribution is 0.352. The molecule has 2 heterocycles. The van der Waals surface area contributed by atoms with E-state index in [0.717, 1.165) is 35.7 Å². The fourth-order valence-electron chi connectivity index (χ4n) is 2.38. The van der Waals surface area contributed by atoms with E-state index in [-0.39, 0.29) is 6.04 Å². The normalized spacial score (nSPS) is 15.0. The molecule has 2 N–H and O–H groups in total. The highest BCUT2D eigenvalue weighted by atomic mass is 16.5. The number of para-hydroxylation sites is 1. The Hall–Kier alpha value is -1.87. The first-order valence-electron chi connectivity index (χ1n) is 6.19. The van der Waals surface area contributed by atoms with Gasteiger partial charge in [-0.3, -0.25) is 4.98 Å². The number of aromatic nitrogens is 1. The number of rotatable bonds is 2. The lowest BCUT2D eigenvalue weighted by Gasteiger charge is -2.15. The molecule has 0 aliphatic carbocycles. The summed E-state index contributed by atoms with van der Waals surface area (Å²) in [5.74, 6) is 0.952. The SMILES string of the molecule is Cc1cccc(C(N)c2cccc3c2OCC3)n1. The van der Waals surface area contributed by atoms with E-state index >= 15 is 0 Å². The van der Waals surface area contributed by atoms with E-state index in [1.165, 1.54) is 5.56 Å². The van der Waals surface area contributed by atoms with Gasteiger partial charge in [-0.1, -0.05) is 24.3 Å². The van der Waals surface area contributed by atoms with Gasteiger partial charge in [0.05, 0.1) is 18.3 Å². The third-order valence-corrected chi connectivity index (χ3v) is 3.31. The maximum atomic E-state index is 6.32. The largest absolute Gasteiger partial charge is 0.493 e. The van der Waals surface area contributed by atoms with Crippen molar-refractivity contribution >= 4 is 0 Å². The van der Waals surface area contributed by atoms with Crippen molar-refractivity contribution < 1.29 is 4.74 Å². The molecule has 2 aromatic rings. The minimum atomic E-state index is -0.224. The Bertz CT molecular complexity index is 580. The first-order valence-corrected chi connectivity index (χ1v) is 6.19. The van der Waals surface area contributed by atoms with Gasteiger partial charge in [-0.15, -0.1) is 0 Å². The lowest BCUT2D eigenvalue weighted by atomic mass is 9.99. The molecule has 18 heavy (non-hydrogen) atoms. The molecule has 3 heteroatoms. The Kier molecular flexibility index (Phi) is 2.76. The first kappa shape index (κ1) is 11.2. The van der Waals surface area contributed by atoms with Gasteiger partial charge >= 0.3 is 0 Å². The second kappa shape index (κ2) is 4.42. The van der Waals surface area contributed by atoms with Gasteiger partial charge in [0.25, 0.3) is 0 Å². The number of hydrogen-bond donors (Lipinski definition) is 1. The highest BCUT2D eigenvalue weighted by Gasteiger charge is 2.21. The fraction of sp³-hybridized carbons (Fsp3) is 0.267. The smallest absolute Gasteiger partial charge is 0.127 e. The summed E-state index contributed by atoms with van der Waals surface area (Å²) < 4.78 is 5.69. The van der Waals surface area contributed by atoms with E-state index in [2.05, 4.69) is 11.1 Å². The van der Waals surface area contributed by atoms with Crippen LogP contribution < -0.4 is 10.5 Å². The zero-order valence-corrected chi connectivity index (χ0v) is 10.4. The van der Waals surface area contributed by atoms with Crippen molar-refractivity contribution in [3.05, 3.63) is 58.9 Å². The van der Waals surface area contributed by atoms with Crippen molar-refractivity contribution in [1.82, 2.24) is 4.98 Å². The number of nitrogens with zero attached hydrogens (tertiary/aromatic N) is 1. The number of fused-ring (bicyclic) bond motifs is 1. The van der Waals surface area contributed by atoms with Gasteiger partial charge in [0.1, 0.15) is 5.75 Å². The lowest BCUT2D eigenvalue weighted by Crippen LogP contribution is -2.14. The van der Waals surface area contributed by atoms with Crippen molar-refractivity contribution in [2.75, 3.05) is 6.61 Å². The molecule has 1 aliphatic rings. The predicted molar refractivity (Wildman–Crippen MR) is 70.6 cm³/mol. The zero-order valence-electron chi connectivity index (χ0n) is 10.4. The molecule has 1 atom stereocenters. The highest BCUT2D eigenvalue weighted by Crippen LogP contribution is 2.34. The van der Waals surface area contributed by atoms with Gasteiger partial charge in [-0.2, -0.15) is 0 Å². The Morgan fingerprint density at radius 2 is 2.06 bits per heavy atom. The number of pyridine rings is 1. The Balaban J connectivity index is 2.03. The standard InChI is InChI=1S/C15H16N2O/c1-10-4-2-7-13(17-10)14(16)12-6-3-5-11-8-9-18-15(11)12/h2-7,14H,8-9,16H2,1H3. The summed E-state index contributed by atoms with van der Waals surface area (Å²) in [7, 11) is 0. The van der Waals surface area contributed by atoms with Crippen LogP contribution in [0.2, 0.25) is 0 Å². The van der Waals surface area contributed by atoms with Crippen LogP contribution in [0.15, 0.2) is 36.4 Å². The Labute approximate surface area is 107 Å². The summed E-state index contributed by atoms with van der Waals surface area (Å²) in [5.41, 5.74) is 10.5. The minimum absolute atomic E-state index is 0.224. The van der Waals surface area contributed by atoms with Gasteiger partial charge in [-0.25, -0.2) is 0 Å². The van der Waals surface area contributed by atoms with Crippen molar-refractivity contribution in [2.24, 2.45) is 5.73 Å². The molecule has 1 aromatic heterocycles. The maximum Gasteiger partial charge on any atom is 0.127 e. The molecule has 1 unspecified atom stereocenters. The topological polar surface area (TPSA) is 48.1 Å². The van der Waals surface area contributed by atoms with Crippen molar-refractivity contribution in [3.8, 4) is 5.75 Å². The third kappa shape index (κ3) is 1.87. The molecule has 0 radical (unpaired) electrons. The van der Waals surface area contributed by atoms with Crippen LogP contribution in [0.4, 0.5) is 0 Å². The average Bonchev–Trinajstić information content (AvgIpc) is 2.86. The molecule has 0 saturated carbocycles. The zero-order chi connectivity index (χ0) is 12.5. The van der Waals surface area contributed by atoms with E-state index in [1.54, 1.807) is 0 Å². The van der Waals surface area contributed by atoms with Crippen molar-refractivity contribution in [3.63, 3.8) is 0 Å². The molecule has 1 aromatic carbocycles. The molecular formula is C15H16N2O. The first-order chi connectivity index (χ1) is 8.75. The van der Waals surface area contributed by atoms with Crippen LogP contribution in [0.1, 0.15) is 28.6 Å². The van der Waals surface area contributed by atoms with E-state index in [0.29, 0.717) is 0 Å². The van der Waals surface area contributed by atoms with Crippen LogP contribution >= 0.6 is 0 Å². The maximum absolute atomic E-state index is 6.32. The molecule has 3 nitrogen and oxygen atoms in total. The van der Waals surface area contributed by atoms with Crippen LogP contribution in [0.5, 0.6) is 5.75 Å². The quantitative estimate of drug-likeness (QED) is 0.876. The summed E-state index contributed by atoms with van der Waals surface area (Å²) in [5, 5.41) is 0. The molecule has 0 amide bonds. The molecule has 3 rings (SSSR count). The van der Waals surface area contributed by atoms with Crippen LogP contribution in [0.25, 0.3) is 0 Å². The molecule has 0 spiro atoms. The summed E-state index contributed by atoms with van der Waals surface area (Å²) in [6, 6.07) is 11.9. The second-order valence-electron chi connectivity index (χ2n) is 4.62. The average molecular weight is 240 g/mol. The predicted octanol–water partition coefficient (Wildman–Crippen LogP) is 2.37. The molecule has 0 saturated heterocycles. The highest BCUT2D eigenvalue weighted by molar-refractivity contribution is 5.47. The van der Waals surface area contributed by atoms with E-state index in [9.17, 15) is 0 Å². The second-order valence-corrected chi connectivity index (χ2v) is 4.62. The van der Waals surface area contributed by atoms with Gasteiger partial charge in [0.15, 0.2) is 0 Å². The summed E-state index contributed by atoms with van der Waals surface area (Å²) in [4.78, 5) is 4.49. The third-order valence-electron chi connectivity index (χ3n) is 3.31. The van der Waals surface area contributed by atoms with E-state index < -0.39 is 0 Å². The van der Waals surface area contributed by atoms with Crippen LogP contribution in [0, 0.1) is 6.92 Å². The van der Waals surface area contributed by atoms with Crippen molar-refractivity contribution in [2.45, 2.75) is 19.4 Å². The monoisotopic (exact) mass is 240 g/mol. The van der Waals surface area contributed by atoms with Crippen molar-refractivity contribution in [1.29, 1.82) is 0 Å². The van der Waals surface area contributed by atoms with Crippen LogP contribution in [-0.4, -0.2) is 11.6 Å². The summed E-state index contributed by atoms with van der Waals surface area (Å²) in [6.45, 7) is 2.72. The number of benzene rings is 1. The molecule has 0 bridgehead atoms. The van der Waals surface area contributed by atoms with E-state index in [4.69, 9.17) is 10.5 Å². The summed E-state index contributed by atoms with van der Waals surface area (Å²) >= 11 is 0. The molecular weight excluding hydrogens is 224 g/mol. The Morgan fingerprint density at radius 3 is 2.89 bits per heavy atom. The summed E-state index contributed by atoms with van der Waals surface area (Å²) in [6.07, 6.45) is 0.969. The van der Waals surface area contributed by atoms with Gasteiger partial charge < -0.3 is 10.5 Å². The van der Waals surface area contributed by atoms with E-state index in [1.807, 2.05) is 37.3 Å². The number of nitrogens with two attached hydrogens (primary N) is 1. The van der Waals surface area contributed by atoms with Crippen LogP contribution in [-0.2, 0) is 6.42 Å². The van der Waals surface area contributed by atoms with Gasteiger partial charge in [-0.05, 0) is 24.6 Å². The Morgan fingerprint density at radius 1 is 1.22 bits per heavy atom.